The number of carbonyl (C=O) groups is 1. The van der Waals surface area contributed by atoms with Crippen LogP contribution in [-0.2, 0) is 0 Å². The van der Waals surface area contributed by atoms with Gasteiger partial charge in [0.15, 0.2) is 23.0 Å². The number of methoxy groups -OCH3 is 1. The third kappa shape index (κ3) is 3.72. The number of carbonyl (C=O) groups excluding carboxylic acids is 1. The lowest BCUT2D eigenvalue weighted by molar-refractivity contribution is 0.0935. The summed E-state index contributed by atoms with van der Waals surface area (Å²) in [6.45, 7) is 2.07. The van der Waals surface area contributed by atoms with Crippen LogP contribution in [0.25, 0.3) is 0 Å². The van der Waals surface area contributed by atoms with Gasteiger partial charge in [-0.25, -0.2) is 0 Å². The normalized spacial score (nSPS) is 16.6. The van der Waals surface area contributed by atoms with Crippen molar-refractivity contribution in [2.75, 3.05) is 13.9 Å². The van der Waals surface area contributed by atoms with Gasteiger partial charge in [0, 0.05) is 0 Å². The van der Waals surface area contributed by atoms with Crippen molar-refractivity contribution in [3.05, 3.63) is 47.5 Å². The highest BCUT2D eigenvalue weighted by atomic mass is 16.7. The Kier molecular flexibility index (Phi) is 5.28. The van der Waals surface area contributed by atoms with Crippen molar-refractivity contribution in [1.82, 2.24) is 5.32 Å². The van der Waals surface area contributed by atoms with Crippen LogP contribution in [0.4, 0.5) is 0 Å². The van der Waals surface area contributed by atoms with Gasteiger partial charge in [-0.15, -0.1) is 0 Å². The second-order valence-electron chi connectivity index (χ2n) is 7.17. The van der Waals surface area contributed by atoms with Crippen LogP contribution < -0.4 is 24.3 Å². The van der Waals surface area contributed by atoms with Crippen LogP contribution in [0.2, 0.25) is 0 Å². The van der Waals surface area contributed by atoms with E-state index < -0.39 is 0 Å². The summed E-state index contributed by atoms with van der Waals surface area (Å²) < 4.78 is 22.4. The summed E-state index contributed by atoms with van der Waals surface area (Å²) in [5, 5.41) is 3.02. The fraction of sp³-hybridized carbons (Fsp3) is 0.409. The topological polar surface area (TPSA) is 66.0 Å². The maximum Gasteiger partial charge on any atom is 0.255 e. The first-order chi connectivity index (χ1) is 13.7. The summed E-state index contributed by atoms with van der Waals surface area (Å²) in [7, 11) is 1.63. The van der Waals surface area contributed by atoms with E-state index in [0.717, 1.165) is 24.2 Å². The molecule has 1 aliphatic heterocycles. The summed E-state index contributed by atoms with van der Waals surface area (Å²) in [5.74, 6) is 2.31. The van der Waals surface area contributed by atoms with E-state index in [9.17, 15) is 4.79 Å². The van der Waals surface area contributed by atoms with Gasteiger partial charge in [0.05, 0.1) is 24.8 Å². The smallest absolute Gasteiger partial charge is 0.255 e. The summed E-state index contributed by atoms with van der Waals surface area (Å²) >= 11 is 0. The lowest BCUT2D eigenvalue weighted by Crippen LogP contribution is -2.27. The van der Waals surface area contributed by atoms with Gasteiger partial charge in [-0.3, -0.25) is 4.79 Å². The molecule has 6 nitrogen and oxygen atoms in total. The van der Waals surface area contributed by atoms with Gasteiger partial charge < -0.3 is 24.3 Å². The van der Waals surface area contributed by atoms with Gasteiger partial charge in [-0.05, 0) is 62.4 Å². The zero-order valence-electron chi connectivity index (χ0n) is 16.2. The number of amides is 1. The molecule has 2 aliphatic rings. The van der Waals surface area contributed by atoms with Crippen molar-refractivity contribution >= 4 is 5.91 Å². The van der Waals surface area contributed by atoms with Gasteiger partial charge in [0.25, 0.3) is 5.91 Å². The number of rotatable bonds is 6. The highest BCUT2D eigenvalue weighted by Crippen LogP contribution is 2.36. The Labute approximate surface area is 164 Å². The molecule has 2 aromatic carbocycles. The molecule has 0 spiro atoms. The molecule has 0 saturated heterocycles. The molecule has 4 rings (SSSR count). The average molecular weight is 383 g/mol. The third-order valence-corrected chi connectivity index (χ3v) is 5.27. The van der Waals surface area contributed by atoms with E-state index in [1.165, 1.54) is 12.8 Å². The first kappa shape index (κ1) is 18.5. The van der Waals surface area contributed by atoms with Crippen molar-refractivity contribution in [3.8, 4) is 23.0 Å². The molecule has 1 aliphatic carbocycles. The molecule has 6 heteroatoms. The number of hydrogen-bond acceptors (Lipinski definition) is 5. The first-order valence-corrected chi connectivity index (χ1v) is 9.70. The maximum absolute atomic E-state index is 12.7. The number of fused-ring (bicyclic) bond motifs is 1. The average Bonchev–Trinajstić information content (AvgIpc) is 3.39. The van der Waals surface area contributed by atoms with Crippen LogP contribution in [0.1, 0.15) is 54.6 Å². The quantitative estimate of drug-likeness (QED) is 0.808. The lowest BCUT2D eigenvalue weighted by Gasteiger charge is -2.19. The Morgan fingerprint density at radius 2 is 1.96 bits per heavy atom. The zero-order valence-corrected chi connectivity index (χ0v) is 16.2. The van der Waals surface area contributed by atoms with E-state index in [1.54, 1.807) is 25.3 Å². The molecule has 1 amide bonds. The van der Waals surface area contributed by atoms with Gasteiger partial charge in [-0.2, -0.15) is 0 Å². The molecule has 0 bridgehead atoms. The summed E-state index contributed by atoms with van der Waals surface area (Å²) in [5.41, 5.74) is 1.41. The lowest BCUT2D eigenvalue weighted by atomic mass is 10.1. The second kappa shape index (κ2) is 8.00. The van der Waals surface area contributed by atoms with E-state index in [4.69, 9.17) is 18.9 Å². The molecule has 1 fully saturated rings. The number of para-hydroxylation sites is 1. The summed E-state index contributed by atoms with van der Waals surface area (Å²) in [6, 6.07) is 10.9. The van der Waals surface area contributed by atoms with Crippen molar-refractivity contribution in [3.63, 3.8) is 0 Å². The Bertz CT molecular complexity index is 860. The van der Waals surface area contributed by atoms with Crippen LogP contribution >= 0.6 is 0 Å². The number of nitrogens with one attached hydrogen (secondary N) is 1. The third-order valence-electron chi connectivity index (χ3n) is 5.27. The molecule has 1 N–H and O–H groups in total. The highest BCUT2D eigenvalue weighted by Gasteiger charge is 2.23. The van der Waals surface area contributed by atoms with Crippen LogP contribution in [0.15, 0.2) is 36.4 Å². The minimum Gasteiger partial charge on any atom is -0.493 e. The van der Waals surface area contributed by atoms with Crippen LogP contribution in [0.3, 0.4) is 0 Å². The van der Waals surface area contributed by atoms with Crippen molar-refractivity contribution in [1.29, 1.82) is 0 Å². The summed E-state index contributed by atoms with van der Waals surface area (Å²) in [4.78, 5) is 12.7. The molecule has 1 atom stereocenters. The summed E-state index contributed by atoms with van der Waals surface area (Å²) in [6.07, 6.45) is 4.87. The maximum atomic E-state index is 12.7. The van der Waals surface area contributed by atoms with Crippen molar-refractivity contribution in [2.24, 2.45) is 0 Å². The minimum absolute atomic E-state index is 0.134. The molecule has 1 saturated carbocycles. The molecule has 28 heavy (non-hydrogen) atoms. The van der Waals surface area contributed by atoms with E-state index >= 15 is 0 Å². The molecular weight excluding hydrogens is 358 g/mol. The molecule has 1 heterocycles. The van der Waals surface area contributed by atoms with E-state index in [0.29, 0.717) is 22.8 Å². The van der Waals surface area contributed by atoms with E-state index in [-0.39, 0.29) is 24.8 Å². The molecule has 148 valence electrons. The predicted molar refractivity (Wildman–Crippen MR) is 104 cm³/mol. The van der Waals surface area contributed by atoms with E-state index in [1.807, 2.05) is 25.1 Å². The molecule has 0 aromatic heterocycles. The Morgan fingerprint density at radius 1 is 1.14 bits per heavy atom. The number of ether oxygens (including phenoxy) is 4. The number of benzene rings is 2. The Hall–Kier alpha value is -2.89. The first-order valence-electron chi connectivity index (χ1n) is 9.70. The highest BCUT2D eigenvalue weighted by molar-refractivity contribution is 5.98. The van der Waals surface area contributed by atoms with Crippen LogP contribution in [-0.4, -0.2) is 25.9 Å². The molecule has 0 radical (unpaired) electrons. The van der Waals surface area contributed by atoms with Gasteiger partial charge in [0.2, 0.25) is 6.79 Å². The fourth-order valence-corrected chi connectivity index (χ4v) is 3.70. The SMILES string of the molecule is COc1cc(C(C)NC(=O)c2cccc3c2OCO3)ccc1OC1CCCC1. The van der Waals surface area contributed by atoms with E-state index in [2.05, 4.69) is 5.32 Å². The Balaban J connectivity index is 1.47. The monoisotopic (exact) mass is 383 g/mol. The Morgan fingerprint density at radius 3 is 2.75 bits per heavy atom. The predicted octanol–water partition coefficient (Wildman–Crippen LogP) is 4.24. The van der Waals surface area contributed by atoms with Crippen molar-refractivity contribution in [2.45, 2.75) is 44.8 Å². The van der Waals surface area contributed by atoms with Gasteiger partial charge >= 0.3 is 0 Å². The molecular formula is C22H25NO5. The van der Waals surface area contributed by atoms with Crippen LogP contribution in [0, 0.1) is 0 Å². The zero-order chi connectivity index (χ0) is 19.5. The van der Waals surface area contributed by atoms with Crippen molar-refractivity contribution < 1.29 is 23.7 Å². The molecule has 1 unspecified atom stereocenters. The standard InChI is InChI=1S/C22H25NO5/c1-14(23-22(24)17-8-5-9-19-21(17)27-13-26-19)15-10-11-18(20(12-15)25-2)28-16-6-3-4-7-16/h5,8-12,14,16H,3-4,6-7,13H2,1-2H3,(H,23,24). The number of hydrogen-bond donors (Lipinski definition) is 1. The van der Waals surface area contributed by atoms with Gasteiger partial charge in [-0.1, -0.05) is 12.1 Å². The largest absolute Gasteiger partial charge is 0.493 e. The fourth-order valence-electron chi connectivity index (χ4n) is 3.70. The van der Waals surface area contributed by atoms with Gasteiger partial charge in [0.1, 0.15) is 0 Å². The molecule has 2 aromatic rings. The second-order valence-corrected chi connectivity index (χ2v) is 7.17. The minimum atomic E-state index is -0.208. The van der Waals surface area contributed by atoms with Crippen LogP contribution in [0.5, 0.6) is 23.0 Å².